The molecule has 1 saturated heterocycles. The van der Waals surface area contributed by atoms with Crippen LogP contribution in [0.2, 0.25) is 0 Å². The van der Waals surface area contributed by atoms with E-state index in [1.165, 1.54) is 4.90 Å². The molecule has 6 heteroatoms. The van der Waals surface area contributed by atoms with Crippen molar-refractivity contribution in [3.63, 3.8) is 0 Å². The molecule has 2 amide bonds. The number of amides is 2. The highest BCUT2D eigenvalue weighted by atomic mass is 16.5. The highest BCUT2D eigenvalue weighted by Gasteiger charge is 2.47. The number of hydrogen-bond acceptors (Lipinski definition) is 5. The van der Waals surface area contributed by atoms with Gasteiger partial charge >= 0.3 is 5.97 Å². The molecule has 0 N–H and O–H groups in total. The van der Waals surface area contributed by atoms with Gasteiger partial charge in [-0.15, -0.1) is 0 Å². The molecule has 2 atom stereocenters. The van der Waals surface area contributed by atoms with E-state index >= 15 is 0 Å². The van der Waals surface area contributed by atoms with Gasteiger partial charge in [0.2, 0.25) is 5.91 Å². The number of β-lactam (4-membered cyclic amide) rings is 1. The molecule has 3 rings (SSSR count). The molecule has 2 aromatic carbocycles. The van der Waals surface area contributed by atoms with Crippen molar-refractivity contribution >= 4 is 17.8 Å². The zero-order valence-corrected chi connectivity index (χ0v) is 18.5. The minimum atomic E-state index is -0.815. The van der Waals surface area contributed by atoms with E-state index in [1.54, 1.807) is 38.3 Å². The van der Waals surface area contributed by atoms with Crippen LogP contribution in [0, 0.1) is 5.41 Å². The van der Waals surface area contributed by atoms with Crippen LogP contribution in [0.3, 0.4) is 0 Å². The van der Waals surface area contributed by atoms with Gasteiger partial charge < -0.3 is 9.47 Å². The quantitative estimate of drug-likeness (QED) is 0.361. The molecular weight excluding hydrogens is 394 g/mol. The van der Waals surface area contributed by atoms with E-state index in [4.69, 9.17) is 9.47 Å². The lowest BCUT2D eigenvalue weighted by Gasteiger charge is -2.43. The monoisotopic (exact) mass is 423 g/mol. The van der Waals surface area contributed by atoms with Crippen LogP contribution < -0.4 is 4.74 Å². The molecular formula is C25H29NO5. The first-order valence-electron chi connectivity index (χ1n) is 10.5. The molecule has 1 aliphatic rings. The molecule has 1 heterocycles. The largest absolute Gasteiger partial charge is 0.497 e. The molecule has 0 spiro atoms. The number of methoxy groups -OCH3 is 1. The number of likely N-dealkylation sites (tertiary alicyclic amines) is 1. The first-order valence-corrected chi connectivity index (χ1v) is 10.5. The van der Waals surface area contributed by atoms with Gasteiger partial charge in [0.15, 0.2) is 0 Å². The molecule has 31 heavy (non-hydrogen) atoms. The Morgan fingerprint density at radius 1 is 1.10 bits per heavy atom. The fraction of sp³-hybridized carbons (Fsp3) is 0.400. The summed E-state index contributed by atoms with van der Waals surface area (Å²) in [5.74, 6) is -0.390. The summed E-state index contributed by atoms with van der Waals surface area (Å²) in [6.07, 6.45) is 0.771. The summed E-state index contributed by atoms with van der Waals surface area (Å²) in [5, 5.41) is 0. The van der Waals surface area contributed by atoms with Crippen molar-refractivity contribution in [1.29, 1.82) is 0 Å². The van der Waals surface area contributed by atoms with E-state index < -0.39 is 5.41 Å². The van der Waals surface area contributed by atoms with Crippen LogP contribution in [0.4, 0.5) is 0 Å². The fourth-order valence-corrected chi connectivity index (χ4v) is 4.09. The maximum Gasteiger partial charge on any atom is 0.312 e. The Labute approximate surface area is 183 Å². The van der Waals surface area contributed by atoms with Gasteiger partial charge in [-0.1, -0.05) is 30.3 Å². The Kier molecular flexibility index (Phi) is 6.78. The Hall–Kier alpha value is -3.15. The van der Waals surface area contributed by atoms with E-state index in [0.717, 1.165) is 5.56 Å². The van der Waals surface area contributed by atoms with E-state index in [-0.39, 0.29) is 36.2 Å². The van der Waals surface area contributed by atoms with Gasteiger partial charge in [0.25, 0.3) is 5.91 Å². The lowest BCUT2D eigenvalue weighted by atomic mass is 9.70. The molecule has 2 aromatic rings. The minimum Gasteiger partial charge on any atom is -0.497 e. The highest BCUT2D eigenvalue weighted by Crippen LogP contribution is 2.43. The van der Waals surface area contributed by atoms with E-state index in [0.29, 0.717) is 24.3 Å². The van der Waals surface area contributed by atoms with Crippen molar-refractivity contribution < 1.29 is 23.9 Å². The minimum absolute atomic E-state index is 0.202. The van der Waals surface area contributed by atoms with Crippen molar-refractivity contribution in [1.82, 2.24) is 4.90 Å². The second-order valence-electron chi connectivity index (χ2n) is 8.30. The molecule has 0 bridgehead atoms. The summed E-state index contributed by atoms with van der Waals surface area (Å²) in [5.41, 5.74) is 0.599. The zero-order valence-electron chi connectivity index (χ0n) is 18.5. The number of carbonyl (C=O) groups is 3. The van der Waals surface area contributed by atoms with Crippen LogP contribution in [0.25, 0.3) is 0 Å². The second kappa shape index (κ2) is 9.33. The van der Waals surface area contributed by atoms with Crippen molar-refractivity contribution in [2.75, 3.05) is 13.7 Å². The second-order valence-corrected chi connectivity index (χ2v) is 8.30. The van der Waals surface area contributed by atoms with Gasteiger partial charge in [0, 0.05) is 23.9 Å². The summed E-state index contributed by atoms with van der Waals surface area (Å²) in [6.45, 7) is 5.80. The molecule has 164 valence electrons. The predicted molar refractivity (Wildman–Crippen MR) is 117 cm³/mol. The van der Waals surface area contributed by atoms with Crippen LogP contribution >= 0.6 is 0 Å². The molecule has 0 saturated carbocycles. The van der Waals surface area contributed by atoms with Crippen LogP contribution in [-0.2, 0) is 14.3 Å². The van der Waals surface area contributed by atoms with Crippen molar-refractivity contribution in [2.45, 2.75) is 45.6 Å². The first-order chi connectivity index (χ1) is 14.8. The van der Waals surface area contributed by atoms with Crippen molar-refractivity contribution in [3.05, 3.63) is 65.7 Å². The summed E-state index contributed by atoms with van der Waals surface area (Å²) < 4.78 is 10.5. The molecule has 0 aromatic heterocycles. The number of esters is 1. The van der Waals surface area contributed by atoms with Crippen LogP contribution in [0.5, 0.6) is 5.75 Å². The van der Waals surface area contributed by atoms with Crippen molar-refractivity contribution in [2.24, 2.45) is 5.41 Å². The summed E-state index contributed by atoms with van der Waals surface area (Å²) in [6, 6.07) is 16.1. The van der Waals surface area contributed by atoms with Gasteiger partial charge in [0.1, 0.15) is 5.75 Å². The fourth-order valence-electron chi connectivity index (χ4n) is 4.09. The van der Waals surface area contributed by atoms with E-state index in [9.17, 15) is 14.4 Å². The predicted octanol–water partition coefficient (Wildman–Crippen LogP) is 4.20. The molecule has 0 radical (unpaired) electrons. The zero-order chi connectivity index (χ0) is 22.6. The van der Waals surface area contributed by atoms with E-state index in [1.807, 2.05) is 44.2 Å². The molecule has 1 aliphatic heterocycles. The van der Waals surface area contributed by atoms with Crippen LogP contribution in [-0.4, -0.2) is 42.4 Å². The number of hydrogen-bond donors (Lipinski definition) is 0. The van der Waals surface area contributed by atoms with Gasteiger partial charge in [-0.2, -0.15) is 0 Å². The lowest BCUT2D eigenvalue weighted by molar-refractivity contribution is -0.155. The third kappa shape index (κ3) is 4.63. The van der Waals surface area contributed by atoms with Gasteiger partial charge in [-0.3, -0.25) is 19.3 Å². The lowest BCUT2D eigenvalue weighted by Crippen LogP contribution is -2.56. The normalized spacial score (nSPS) is 17.0. The third-order valence-corrected chi connectivity index (χ3v) is 5.98. The Balaban J connectivity index is 1.85. The Morgan fingerprint density at radius 3 is 2.29 bits per heavy atom. The summed E-state index contributed by atoms with van der Waals surface area (Å²) >= 11 is 0. The van der Waals surface area contributed by atoms with Crippen molar-refractivity contribution in [3.8, 4) is 5.75 Å². The number of rotatable bonds is 8. The Morgan fingerprint density at radius 2 is 1.74 bits per heavy atom. The van der Waals surface area contributed by atoms with Gasteiger partial charge in [-0.05, 0) is 57.0 Å². The smallest absolute Gasteiger partial charge is 0.312 e. The average molecular weight is 424 g/mol. The maximum absolute atomic E-state index is 13.0. The van der Waals surface area contributed by atoms with Crippen LogP contribution in [0.1, 0.15) is 55.5 Å². The maximum atomic E-state index is 13.0. The summed E-state index contributed by atoms with van der Waals surface area (Å²) in [7, 11) is 1.56. The van der Waals surface area contributed by atoms with E-state index in [2.05, 4.69) is 0 Å². The third-order valence-electron chi connectivity index (χ3n) is 5.98. The molecule has 1 fully saturated rings. The number of carbonyl (C=O) groups excluding carboxylic acids is 3. The number of ether oxygens (including phenoxy) is 2. The number of benzene rings is 2. The Bertz CT molecular complexity index is 936. The SMILES string of the molecule is CCOC(=O)C(C)(C)C(C[C@@H]1CC(=O)N1C(=O)c1ccc(OC)cc1)c1ccccc1. The van der Waals surface area contributed by atoms with Gasteiger partial charge in [0.05, 0.1) is 19.1 Å². The van der Waals surface area contributed by atoms with Gasteiger partial charge in [-0.25, -0.2) is 0 Å². The molecule has 1 unspecified atom stereocenters. The number of nitrogens with zero attached hydrogens (tertiary/aromatic N) is 1. The number of imide groups is 1. The molecule has 0 aliphatic carbocycles. The average Bonchev–Trinajstić information content (AvgIpc) is 2.76. The van der Waals surface area contributed by atoms with Crippen LogP contribution in [0.15, 0.2) is 54.6 Å². The highest BCUT2D eigenvalue weighted by molar-refractivity contribution is 6.08. The first kappa shape index (κ1) is 22.5. The topological polar surface area (TPSA) is 72.9 Å². The summed E-state index contributed by atoms with van der Waals surface area (Å²) in [4.78, 5) is 39.5. The molecule has 6 nitrogen and oxygen atoms in total. The standard InChI is InChI=1S/C25H29NO5/c1-5-31-24(29)25(2,3)21(17-9-7-6-8-10-17)15-19-16-22(27)26(19)23(28)18-11-13-20(30-4)14-12-18/h6-14,19,21H,5,15-16H2,1-4H3/t19-,21?/m1/s1.